The first-order chi connectivity index (χ1) is 9.61. The van der Waals surface area contributed by atoms with Gasteiger partial charge in [0.1, 0.15) is 5.01 Å². The van der Waals surface area contributed by atoms with Crippen molar-refractivity contribution >= 4 is 17.3 Å². The van der Waals surface area contributed by atoms with Crippen molar-refractivity contribution in [2.24, 2.45) is 5.92 Å². The molecule has 104 valence electrons. The molecule has 0 bridgehead atoms. The van der Waals surface area contributed by atoms with Crippen molar-refractivity contribution in [2.45, 2.75) is 13.5 Å². The largest absolute Gasteiger partial charge is 0.481 e. The molecular weight excluding hydrogens is 272 g/mol. The standard InChI is InChI=1S/C15H16N2O2S/c1-10-2-4-11(5-3-10)14-16-6-13(20-14)9-17-7-12(8-17)15(18)19/h2-6,12H,7-9H2,1H3,(H,18,19). The van der Waals surface area contributed by atoms with Gasteiger partial charge in [-0.05, 0) is 6.92 Å². The van der Waals surface area contributed by atoms with Gasteiger partial charge in [0.25, 0.3) is 0 Å². The fraction of sp³-hybridized carbons (Fsp3) is 0.333. The third-order valence-electron chi connectivity index (χ3n) is 3.54. The van der Waals surface area contributed by atoms with Gasteiger partial charge in [-0.1, -0.05) is 29.8 Å². The number of aliphatic carboxylic acids is 1. The highest BCUT2D eigenvalue weighted by atomic mass is 32.1. The molecular formula is C15H16N2O2S. The average molecular weight is 288 g/mol. The van der Waals surface area contributed by atoms with Crippen LogP contribution in [0, 0.1) is 12.8 Å². The summed E-state index contributed by atoms with van der Waals surface area (Å²) in [6, 6.07) is 8.34. The van der Waals surface area contributed by atoms with Gasteiger partial charge in [-0.2, -0.15) is 0 Å². The maximum atomic E-state index is 10.8. The van der Waals surface area contributed by atoms with Crippen LogP contribution in [0.25, 0.3) is 10.6 Å². The van der Waals surface area contributed by atoms with E-state index in [-0.39, 0.29) is 5.92 Å². The maximum Gasteiger partial charge on any atom is 0.309 e. The zero-order chi connectivity index (χ0) is 14.1. The molecule has 20 heavy (non-hydrogen) atoms. The minimum atomic E-state index is -0.689. The summed E-state index contributed by atoms with van der Waals surface area (Å²) in [5.41, 5.74) is 2.38. The molecule has 1 aliphatic rings. The van der Waals surface area contributed by atoms with Gasteiger partial charge in [-0.3, -0.25) is 9.69 Å². The molecule has 1 aromatic heterocycles. The van der Waals surface area contributed by atoms with Crippen molar-refractivity contribution in [3.8, 4) is 10.6 Å². The number of hydrogen-bond donors (Lipinski definition) is 1. The van der Waals surface area contributed by atoms with E-state index >= 15 is 0 Å². The lowest BCUT2D eigenvalue weighted by molar-refractivity contribution is -0.147. The number of likely N-dealkylation sites (tertiary alicyclic amines) is 1. The maximum absolute atomic E-state index is 10.8. The van der Waals surface area contributed by atoms with Crippen molar-refractivity contribution < 1.29 is 9.90 Å². The number of thiazole rings is 1. The van der Waals surface area contributed by atoms with Crippen LogP contribution in [0.5, 0.6) is 0 Å². The minimum absolute atomic E-state index is 0.195. The Morgan fingerprint density at radius 2 is 2.10 bits per heavy atom. The van der Waals surface area contributed by atoms with Crippen LogP contribution >= 0.6 is 11.3 Å². The lowest BCUT2D eigenvalue weighted by atomic mass is 10.0. The van der Waals surface area contributed by atoms with Crippen LogP contribution in [-0.2, 0) is 11.3 Å². The Morgan fingerprint density at radius 3 is 2.75 bits per heavy atom. The Bertz CT molecular complexity index is 615. The Morgan fingerprint density at radius 1 is 1.40 bits per heavy atom. The molecule has 0 radical (unpaired) electrons. The molecule has 5 heteroatoms. The third-order valence-corrected chi connectivity index (χ3v) is 4.57. The third kappa shape index (κ3) is 2.73. The summed E-state index contributed by atoms with van der Waals surface area (Å²) in [7, 11) is 0. The molecule has 0 spiro atoms. The fourth-order valence-electron chi connectivity index (χ4n) is 2.29. The van der Waals surface area contributed by atoms with Gasteiger partial charge in [0.2, 0.25) is 0 Å². The molecule has 3 rings (SSSR count). The van der Waals surface area contributed by atoms with Gasteiger partial charge in [0.05, 0.1) is 5.92 Å². The summed E-state index contributed by atoms with van der Waals surface area (Å²) < 4.78 is 0. The average Bonchev–Trinajstić information content (AvgIpc) is 2.82. The van der Waals surface area contributed by atoms with Crippen molar-refractivity contribution in [1.82, 2.24) is 9.88 Å². The molecule has 1 aliphatic heterocycles. The van der Waals surface area contributed by atoms with Crippen LogP contribution in [0.3, 0.4) is 0 Å². The summed E-state index contributed by atoms with van der Waals surface area (Å²) in [4.78, 5) is 18.5. The molecule has 2 heterocycles. The molecule has 1 fully saturated rings. The smallest absolute Gasteiger partial charge is 0.309 e. The highest BCUT2D eigenvalue weighted by Gasteiger charge is 2.32. The number of carbonyl (C=O) groups is 1. The Kier molecular flexibility index (Phi) is 3.54. The van der Waals surface area contributed by atoms with E-state index in [1.807, 2.05) is 6.20 Å². The first-order valence-electron chi connectivity index (χ1n) is 6.59. The summed E-state index contributed by atoms with van der Waals surface area (Å²) in [6.07, 6.45) is 1.90. The Balaban J connectivity index is 1.63. The second-order valence-electron chi connectivity index (χ2n) is 5.23. The van der Waals surface area contributed by atoms with Gasteiger partial charge in [0.15, 0.2) is 0 Å². The minimum Gasteiger partial charge on any atom is -0.481 e. The number of carboxylic acid groups (broad SMARTS) is 1. The van der Waals surface area contributed by atoms with Gasteiger partial charge in [-0.25, -0.2) is 4.98 Å². The molecule has 0 saturated carbocycles. The van der Waals surface area contributed by atoms with Gasteiger partial charge in [0, 0.05) is 36.3 Å². The highest BCUT2D eigenvalue weighted by molar-refractivity contribution is 7.15. The molecule has 0 unspecified atom stereocenters. The van der Waals surface area contributed by atoms with Crippen molar-refractivity contribution in [1.29, 1.82) is 0 Å². The van der Waals surface area contributed by atoms with E-state index in [4.69, 9.17) is 5.11 Å². The zero-order valence-corrected chi connectivity index (χ0v) is 12.1. The number of hydrogen-bond acceptors (Lipinski definition) is 4. The monoisotopic (exact) mass is 288 g/mol. The molecule has 0 atom stereocenters. The van der Waals surface area contributed by atoms with Crippen LogP contribution in [0.15, 0.2) is 30.5 Å². The second-order valence-corrected chi connectivity index (χ2v) is 6.34. The number of nitrogens with zero attached hydrogens (tertiary/aromatic N) is 2. The van der Waals surface area contributed by atoms with Crippen molar-refractivity contribution in [3.63, 3.8) is 0 Å². The number of aryl methyl sites for hydroxylation is 1. The van der Waals surface area contributed by atoms with E-state index in [0.29, 0.717) is 13.1 Å². The first-order valence-corrected chi connectivity index (χ1v) is 7.40. The summed E-state index contributed by atoms with van der Waals surface area (Å²) in [6.45, 7) is 4.16. The van der Waals surface area contributed by atoms with E-state index in [0.717, 1.165) is 17.1 Å². The van der Waals surface area contributed by atoms with Crippen LogP contribution in [0.1, 0.15) is 10.4 Å². The molecule has 4 nitrogen and oxygen atoms in total. The fourth-order valence-corrected chi connectivity index (χ4v) is 3.25. The lowest BCUT2D eigenvalue weighted by Crippen LogP contribution is -2.49. The lowest BCUT2D eigenvalue weighted by Gasteiger charge is -2.36. The van der Waals surface area contributed by atoms with E-state index in [1.165, 1.54) is 10.4 Å². The number of aromatic nitrogens is 1. The molecule has 1 aromatic carbocycles. The van der Waals surface area contributed by atoms with E-state index in [1.54, 1.807) is 11.3 Å². The first kappa shape index (κ1) is 13.3. The second kappa shape index (κ2) is 5.34. The van der Waals surface area contributed by atoms with Crippen LogP contribution in [0.4, 0.5) is 0 Å². The van der Waals surface area contributed by atoms with Gasteiger partial charge in [-0.15, -0.1) is 11.3 Å². The molecule has 1 N–H and O–H groups in total. The molecule has 2 aromatic rings. The molecule has 0 aliphatic carbocycles. The Hall–Kier alpha value is -1.72. The number of carboxylic acids is 1. The van der Waals surface area contributed by atoms with Crippen LogP contribution in [0.2, 0.25) is 0 Å². The van der Waals surface area contributed by atoms with Crippen molar-refractivity contribution in [3.05, 3.63) is 40.9 Å². The molecule has 1 saturated heterocycles. The van der Waals surface area contributed by atoms with E-state index in [2.05, 4.69) is 41.1 Å². The van der Waals surface area contributed by atoms with Crippen LogP contribution < -0.4 is 0 Å². The topological polar surface area (TPSA) is 53.4 Å². The quantitative estimate of drug-likeness (QED) is 0.939. The summed E-state index contributed by atoms with van der Waals surface area (Å²) in [5, 5.41) is 9.88. The van der Waals surface area contributed by atoms with Gasteiger partial charge >= 0.3 is 5.97 Å². The number of benzene rings is 1. The summed E-state index contributed by atoms with van der Waals surface area (Å²) in [5.74, 6) is -0.884. The van der Waals surface area contributed by atoms with Gasteiger partial charge < -0.3 is 5.11 Å². The highest BCUT2D eigenvalue weighted by Crippen LogP contribution is 2.28. The predicted octanol–water partition coefficient (Wildman–Crippen LogP) is 2.63. The zero-order valence-electron chi connectivity index (χ0n) is 11.2. The van der Waals surface area contributed by atoms with E-state index in [9.17, 15) is 4.79 Å². The SMILES string of the molecule is Cc1ccc(-c2ncc(CN3CC(C(=O)O)C3)s2)cc1. The predicted molar refractivity (Wildman–Crippen MR) is 78.7 cm³/mol. The van der Waals surface area contributed by atoms with E-state index < -0.39 is 5.97 Å². The summed E-state index contributed by atoms with van der Waals surface area (Å²) >= 11 is 1.68. The van der Waals surface area contributed by atoms with Crippen LogP contribution in [-0.4, -0.2) is 34.0 Å². The number of rotatable bonds is 4. The normalized spacial score (nSPS) is 16.1. The Labute approximate surface area is 121 Å². The molecule has 0 amide bonds. The van der Waals surface area contributed by atoms with Crippen molar-refractivity contribution in [2.75, 3.05) is 13.1 Å².